The molecule has 0 N–H and O–H groups in total. The van der Waals surface area contributed by atoms with Gasteiger partial charge in [0.1, 0.15) is 7.05 Å². The molecule has 0 bridgehead atoms. The first kappa shape index (κ1) is 20.2. The molecule has 1 unspecified atom stereocenters. The predicted octanol–water partition coefficient (Wildman–Crippen LogP) is 6.71. The van der Waals surface area contributed by atoms with Gasteiger partial charge in [-0.25, -0.2) is 4.57 Å². The summed E-state index contributed by atoms with van der Waals surface area (Å²) in [4.78, 5) is 0. The highest BCUT2D eigenvalue weighted by molar-refractivity contribution is 7.73. The molecule has 7 rings (SSSR count). The third-order valence-electron chi connectivity index (χ3n) is 8.87. The summed E-state index contributed by atoms with van der Waals surface area (Å²) in [5.74, 6) is 0.755. The quantitative estimate of drug-likeness (QED) is 0.224. The first-order valence-electron chi connectivity index (χ1n) is 12.9. The predicted molar refractivity (Wildman–Crippen MR) is 143 cm³/mol. The Hall–Kier alpha value is -2.24. The average molecular weight is 451 g/mol. The fourth-order valence-corrected chi connectivity index (χ4v) is 9.67. The molecule has 1 fully saturated rings. The Bertz CT molecular complexity index is 1460. The van der Waals surface area contributed by atoms with Crippen molar-refractivity contribution in [2.24, 2.45) is 7.05 Å². The molecule has 166 valence electrons. The van der Waals surface area contributed by atoms with Crippen molar-refractivity contribution in [2.45, 2.75) is 64.2 Å². The highest BCUT2D eigenvalue weighted by atomic mass is 31.1. The molecular weight excluding hydrogens is 417 g/mol. The first-order chi connectivity index (χ1) is 16.1. The Morgan fingerprint density at radius 2 is 1.79 bits per heavy atom. The second-order valence-electron chi connectivity index (χ2n) is 10.7. The molecule has 2 heteroatoms. The van der Waals surface area contributed by atoms with Gasteiger partial charge in [0.2, 0.25) is 5.69 Å². The van der Waals surface area contributed by atoms with Gasteiger partial charge in [-0.1, -0.05) is 43.5 Å². The number of rotatable bonds is 1. The zero-order valence-corrected chi connectivity index (χ0v) is 21.1. The number of hydrogen-bond acceptors (Lipinski definition) is 0. The van der Waals surface area contributed by atoms with Gasteiger partial charge in [0.05, 0.1) is 10.9 Å². The van der Waals surface area contributed by atoms with E-state index in [4.69, 9.17) is 0 Å². The van der Waals surface area contributed by atoms with Crippen LogP contribution in [0.2, 0.25) is 0 Å². The lowest BCUT2D eigenvalue weighted by Crippen LogP contribution is -2.37. The van der Waals surface area contributed by atoms with Crippen LogP contribution in [0.25, 0.3) is 32.8 Å². The molecule has 33 heavy (non-hydrogen) atoms. The number of nitrogens with zero attached hydrogens (tertiary/aromatic N) is 1. The van der Waals surface area contributed by atoms with Crippen molar-refractivity contribution in [3.8, 4) is 11.3 Å². The van der Waals surface area contributed by atoms with Crippen molar-refractivity contribution >= 4 is 40.1 Å². The second kappa shape index (κ2) is 7.38. The molecule has 3 aliphatic rings. The molecule has 2 heterocycles. The molecule has 3 aromatic carbocycles. The summed E-state index contributed by atoms with van der Waals surface area (Å²) < 4.78 is 2.41. The van der Waals surface area contributed by atoms with Crippen molar-refractivity contribution < 1.29 is 4.57 Å². The van der Waals surface area contributed by atoms with Gasteiger partial charge in [-0.15, -0.1) is 0 Å². The maximum Gasteiger partial charge on any atom is 0.221 e. The van der Waals surface area contributed by atoms with Crippen LogP contribution in [0.4, 0.5) is 0 Å². The SMILES string of the molecule is Cc1c2c(c3c4c(cccc14)CCC3)P(C)c1cc(C3CCCCC3)cc3cc[n+](C)c-2c13. The molecule has 1 nitrogen and oxygen atoms in total. The van der Waals surface area contributed by atoms with Crippen molar-refractivity contribution in [3.05, 3.63) is 64.8 Å². The molecular formula is C31H33NP+. The normalized spacial score (nSPS) is 19.8. The third-order valence-corrected chi connectivity index (χ3v) is 11.1. The Morgan fingerprint density at radius 3 is 2.64 bits per heavy atom. The van der Waals surface area contributed by atoms with E-state index < -0.39 is 0 Å². The number of benzene rings is 3. The summed E-state index contributed by atoms with van der Waals surface area (Å²) in [5, 5.41) is 9.41. The van der Waals surface area contributed by atoms with Crippen LogP contribution in [-0.2, 0) is 19.9 Å². The van der Waals surface area contributed by atoms with E-state index in [1.54, 1.807) is 38.2 Å². The molecule has 4 aromatic rings. The lowest BCUT2D eigenvalue weighted by molar-refractivity contribution is -0.659. The van der Waals surface area contributed by atoms with E-state index in [1.807, 2.05) is 0 Å². The van der Waals surface area contributed by atoms with E-state index in [0.717, 1.165) is 5.92 Å². The molecule has 0 spiro atoms. The lowest BCUT2D eigenvalue weighted by Gasteiger charge is -2.32. The first-order valence-corrected chi connectivity index (χ1v) is 14.7. The molecule has 2 aliphatic carbocycles. The van der Waals surface area contributed by atoms with E-state index in [-0.39, 0.29) is 7.92 Å². The Balaban J connectivity index is 1.60. The summed E-state index contributed by atoms with van der Waals surface area (Å²) in [5.41, 5.74) is 9.36. The lowest BCUT2D eigenvalue weighted by atomic mass is 9.82. The second-order valence-corrected chi connectivity index (χ2v) is 12.7. The minimum atomic E-state index is -0.370. The molecule has 0 saturated heterocycles. The molecule has 0 amide bonds. The molecule has 1 aromatic heterocycles. The highest BCUT2D eigenvalue weighted by Crippen LogP contribution is 2.49. The van der Waals surface area contributed by atoms with E-state index in [1.165, 1.54) is 78.8 Å². The van der Waals surface area contributed by atoms with Gasteiger partial charge in [0.15, 0.2) is 6.20 Å². The largest absolute Gasteiger partial charge is 0.221 e. The maximum atomic E-state index is 2.65. The number of aromatic nitrogens is 1. The van der Waals surface area contributed by atoms with E-state index in [9.17, 15) is 0 Å². The van der Waals surface area contributed by atoms with Crippen LogP contribution in [0.5, 0.6) is 0 Å². The van der Waals surface area contributed by atoms with Crippen LogP contribution in [0.15, 0.2) is 42.6 Å². The topological polar surface area (TPSA) is 3.88 Å². The zero-order chi connectivity index (χ0) is 22.3. The number of aryl methyl sites for hydroxylation is 4. The summed E-state index contributed by atoms with van der Waals surface area (Å²) in [6.07, 6.45) is 13.0. The maximum absolute atomic E-state index is 2.65. The standard InChI is InChI=1S/C31H33NP/c1-19-24-13-7-11-21-12-8-14-25(28(21)24)31-27(19)30-29-22(15-16-32(30)2)17-23(18-26(29)33(31)3)20-9-5-4-6-10-20/h7,11,13,15-18,20H,4-6,8-10,12,14H2,1-3H3/q+1. The van der Waals surface area contributed by atoms with Gasteiger partial charge < -0.3 is 0 Å². The Labute approximate surface area is 198 Å². The summed E-state index contributed by atoms with van der Waals surface area (Å²) >= 11 is 0. The van der Waals surface area contributed by atoms with Gasteiger partial charge in [-0.2, -0.15) is 0 Å². The van der Waals surface area contributed by atoms with Crippen LogP contribution in [-0.4, -0.2) is 6.66 Å². The summed E-state index contributed by atoms with van der Waals surface area (Å²) in [6, 6.07) is 14.6. The van der Waals surface area contributed by atoms with Gasteiger partial charge in [0.25, 0.3) is 0 Å². The van der Waals surface area contributed by atoms with Crippen molar-refractivity contribution in [1.82, 2.24) is 0 Å². The average Bonchev–Trinajstić information content (AvgIpc) is 2.86. The van der Waals surface area contributed by atoms with Crippen LogP contribution < -0.4 is 15.2 Å². The summed E-state index contributed by atoms with van der Waals surface area (Å²) in [6.45, 7) is 4.95. The fourth-order valence-electron chi connectivity index (χ4n) is 7.28. The van der Waals surface area contributed by atoms with E-state index in [2.05, 4.69) is 67.8 Å². The molecule has 1 atom stereocenters. The van der Waals surface area contributed by atoms with Crippen LogP contribution in [0, 0.1) is 6.92 Å². The van der Waals surface area contributed by atoms with E-state index >= 15 is 0 Å². The van der Waals surface area contributed by atoms with Gasteiger partial charge in [-0.3, -0.25) is 0 Å². The Morgan fingerprint density at radius 1 is 0.939 bits per heavy atom. The van der Waals surface area contributed by atoms with Crippen LogP contribution >= 0.6 is 7.92 Å². The molecule has 1 aliphatic heterocycles. The Kier molecular flexibility index (Phi) is 4.51. The minimum absolute atomic E-state index is 0.370. The van der Waals surface area contributed by atoms with Crippen molar-refractivity contribution in [1.29, 1.82) is 0 Å². The fraction of sp³-hybridized carbons (Fsp3) is 0.387. The number of hydrogen-bond donors (Lipinski definition) is 0. The van der Waals surface area contributed by atoms with Crippen LogP contribution in [0.1, 0.15) is 66.7 Å². The number of fused-ring (bicyclic) bond motifs is 3. The van der Waals surface area contributed by atoms with E-state index in [0.29, 0.717) is 0 Å². The van der Waals surface area contributed by atoms with Gasteiger partial charge in [0, 0.05) is 6.07 Å². The van der Waals surface area contributed by atoms with Gasteiger partial charge >= 0.3 is 0 Å². The molecule has 0 radical (unpaired) electrons. The number of pyridine rings is 1. The minimum Gasteiger partial charge on any atom is -0.200 e. The third kappa shape index (κ3) is 2.78. The van der Waals surface area contributed by atoms with Gasteiger partial charge in [-0.05, 0) is 115 Å². The zero-order valence-electron chi connectivity index (χ0n) is 20.2. The smallest absolute Gasteiger partial charge is 0.200 e. The monoisotopic (exact) mass is 450 g/mol. The summed E-state index contributed by atoms with van der Waals surface area (Å²) in [7, 11) is 1.89. The van der Waals surface area contributed by atoms with Crippen LogP contribution in [0.3, 0.4) is 0 Å². The highest BCUT2D eigenvalue weighted by Gasteiger charge is 2.36. The van der Waals surface area contributed by atoms with Crippen molar-refractivity contribution in [2.75, 3.05) is 6.66 Å². The molecule has 1 saturated carbocycles. The van der Waals surface area contributed by atoms with Crippen molar-refractivity contribution in [3.63, 3.8) is 0 Å².